The molecule has 0 aliphatic carbocycles. The van der Waals surface area contributed by atoms with Crippen molar-refractivity contribution in [3.8, 4) is 0 Å². The van der Waals surface area contributed by atoms with E-state index in [1.807, 2.05) is 0 Å². The molecule has 0 aliphatic heterocycles. The van der Waals surface area contributed by atoms with Gasteiger partial charge in [0.1, 0.15) is 17.5 Å². The molecule has 37 heavy (non-hydrogen) atoms. The van der Waals surface area contributed by atoms with E-state index in [0.717, 1.165) is 18.2 Å². The van der Waals surface area contributed by atoms with Gasteiger partial charge in [-0.15, -0.1) is 0 Å². The summed E-state index contributed by atoms with van der Waals surface area (Å²) in [6, 6.07) is 7.38. The lowest BCUT2D eigenvalue weighted by Crippen LogP contribution is -1.96. The van der Waals surface area contributed by atoms with Gasteiger partial charge in [-0.05, 0) is 57.2 Å². The fraction of sp³-hybridized carbons (Fsp3) is 0.167. The number of aliphatic hydroxyl groups excluding tert-OH is 1. The van der Waals surface area contributed by atoms with Gasteiger partial charge in [0.15, 0.2) is 11.6 Å². The largest absolute Gasteiger partial charge is 0.813 e. The molecule has 0 unspecified atom stereocenters. The molecule has 3 aromatic rings. The molecule has 0 radical (unpaired) electrons. The summed E-state index contributed by atoms with van der Waals surface area (Å²) in [6.07, 6.45) is -0.860. The SMILES string of the molecule is CC(=O)c1c(Cl)ccc(F)c1Cl.CC(=O)c1c(Cl)ccc(F)c1Cl.C[C@H](O)c1c(Cl)ccc(F)c1Cl.[SH-]. The highest BCUT2D eigenvalue weighted by atomic mass is 35.5. The first-order valence-corrected chi connectivity index (χ1v) is 12.0. The third kappa shape index (κ3) is 9.83. The third-order valence-corrected chi connectivity index (χ3v) is 6.37. The highest BCUT2D eigenvalue weighted by Crippen LogP contribution is 2.32. The summed E-state index contributed by atoms with van der Waals surface area (Å²) in [7, 11) is 0. The van der Waals surface area contributed by atoms with E-state index in [4.69, 9.17) is 69.6 Å². The first-order chi connectivity index (χ1) is 16.6. The molecule has 0 fully saturated rings. The number of halogens is 9. The summed E-state index contributed by atoms with van der Waals surface area (Å²) >= 11 is 33.5. The lowest BCUT2D eigenvalue weighted by atomic mass is 10.1. The Hall–Kier alpha value is -1.16. The van der Waals surface area contributed by atoms with E-state index in [-0.39, 0.29) is 71.9 Å². The fourth-order valence-corrected chi connectivity index (χ4v) is 4.59. The number of thiol groups is 1. The Morgan fingerprint density at radius 3 is 1.19 bits per heavy atom. The van der Waals surface area contributed by atoms with Crippen LogP contribution < -0.4 is 0 Å². The number of rotatable bonds is 3. The molecule has 13 heteroatoms. The Balaban J connectivity index is 0.000000518. The summed E-state index contributed by atoms with van der Waals surface area (Å²) in [5.41, 5.74) is 0.315. The predicted octanol–water partition coefficient (Wildman–Crippen LogP) is 9.59. The molecule has 1 atom stereocenters. The Morgan fingerprint density at radius 1 is 0.649 bits per heavy atom. The zero-order valence-electron chi connectivity index (χ0n) is 19.2. The van der Waals surface area contributed by atoms with Crippen molar-refractivity contribution >= 4 is 94.7 Å². The molecule has 0 heterocycles. The molecular formula is C24H18Cl6F3O3S-. The van der Waals surface area contributed by atoms with E-state index >= 15 is 0 Å². The van der Waals surface area contributed by atoms with Gasteiger partial charge in [-0.25, -0.2) is 13.2 Å². The second-order valence-electron chi connectivity index (χ2n) is 6.98. The smallest absolute Gasteiger partial charge is 0.162 e. The average molecular weight is 656 g/mol. The van der Waals surface area contributed by atoms with E-state index in [9.17, 15) is 27.9 Å². The molecule has 3 nitrogen and oxygen atoms in total. The summed E-state index contributed by atoms with van der Waals surface area (Å²) in [6.45, 7) is 4.05. The van der Waals surface area contributed by atoms with Crippen molar-refractivity contribution in [1.29, 1.82) is 0 Å². The van der Waals surface area contributed by atoms with Crippen LogP contribution in [0.5, 0.6) is 0 Å². The van der Waals surface area contributed by atoms with Crippen LogP contribution in [0.2, 0.25) is 30.1 Å². The zero-order chi connectivity index (χ0) is 27.9. The van der Waals surface area contributed by atoms with Crippen LogP contribution in [0.15, 0.2) is 36.4 Å². The van der Waals surface area contributed by atoms with Gasteiger partial charge in [0.2, 0.25) is 0 Å². The second-order valence-corrected chi connectivity index (χ2v) is 9.34. The standard InChI is InChI=1S/C8H7Cl2FO.2C8H5Cl2FO.H2S/c3*1-4(12)7-5(9)2-3-6(11)8(7)10;/h2-4,12H,1H3;2*2-3H,1H3;1H2/p-1/t4-;;;/m0.../s1. The Kier molecular flexibility index (Phi) is 15.6. The number of ketones is 2. The molecule has 3 rings (SSSR count). The number of carbonyl (C=O) groups is 2. The minimum absolute atomic E-state index is 0. The number of benzene rings is 3. The van der Waals surface area contributed by atoms with Crippen LogP contribution in [0, 0.1) is 17.5 Å². The van der Waals surface area contributed by atoms with Gasteiger partial charge < -0.3 is 18.6 Å². The molecular weight excluding hydrogens is 638 g/mol. The van der Waals surface area contributed by atoms with Crippen molar-refractivity contribution in [2.75, 3.05) is 0 Å². The lowest BCUT2D eigenvalue weighted by molar-refractivity contribution is 0.100. The van der Waals surface area contributed by atoms with Gasteiger partial charge >= 0.3 is 0 Å². The molecule has 0 bridgehead atoms. The number of carbonyl (C=O) groups excluding carboxylic acids is 2. The van der Waals surface area contributed by atoms with Crippen LogP contribution in [0.1, 0.15) is 53.2 Å². The number of hydrogen-bond donors (Lipinski definition) is 1. The molecule has 1 N–H and O–H groups in total. The molecule has 0 aromatic heterocycles. The Bertz CT molecular complexity index is 1220. The summed E-state index contributed by atoms with van der Waals surface area (Å²) in [5.74, 6) is -2.52. The van der Waals surface area contributed by atoms with Gasteiger partial charge in [0, 0.05) is 10.6 Å². The zero-order valence-corrected chi connectivity index (χ0v) is 24.6. The minimum atomic E-state index is -0.860. The quantitative estimate of drug-likeness (QED) is 0.132. The van der Waals surface area contributed by atoms with Crippen LogP contribution in [0.3, 0.4) is 0 Å². The molecule has 0 saturated heterocycles. The summed E-state index contributed by atoms with van der Waals surface area (Å²) in [5, 5.41) is 9.26. The molecule has 0 spiro atoms. The monoisotopic (exact) mass is 653 g/mol. The van der Waals surface area contributed by atoms with Crippen molar-refractivity contribution in [1.82, 2.24) is 0 Å². The van der Waals surface area contributed by atoms with Gasteiger partial charge in [0.05, 0.1) is 42.3 Å². The maximum Gasteiger partial charge on any atom is 0.162 e. The molecule has 0 saturated carbocycles. The van der Waals surface area contributed by atoms with Crippen LogP contribution >= 0.6 is 69.6 Å². The van der Waals surface area contributed by atoms with Crippen molar-refractivity contribution in [3.05, 3.63) is 101 Å². The van der Waals surface area contributed by atoms with Gasteiger partial charge in [-0.3, -0.25) is 9.59 Å². The van der Waals surface area contributed by atoms with Crippen molar-refractivity contribution < 1.29 is 27.9 Å². The summed E-state index contributed by atoms with van der Waals surface area (Å²) < 4.78 is 38.4. The van der Waals surface area contributed by atoms with Crippen LogP contribution in [-0.2, 0) is 13.5 Å². The van der Waals surface area contributed by atoms with E-state index in [2.05, 4.69) is 0 Å². The van der Waals surface area contributed by atoms with E-state index < -0.39 is 23.6 Å². The maximum atomic E-state index is 12.8. The van der Waals surface area contributed by atoms with E-state index in [1.54, 1.807) is 0 Å². The molecule has 3 aromatic carbocycles. The van der Waals surface area contributed by atoms with Crippen LogP contribution in [0.4, 0.5) is 13.2 Å². The highest BCUT2D eigenvalue weighted by molar-refractivity contribution is 7.37. The molecule has 0 amide bonds. The van der Waals surface area contributed by atoms with Gasteiger partial charge in [0.25, 0.3) is 0 Å². The second kappa shape index (κ2) is 16.1. The van der Waals surface area contributed by atoms with Crippen LogP contribution in [-0.4, -0.2) is 16.7 Å². The molecule has 202 valence electrons. The number of hydrogen-bond acceptors (Lipinski definition) is 4. The predicted molar refractivity (Wildman–Crippen MR) is 149 cm³/mol. The van der Waals surface area contributed by atoms with E-state index in [0.29, 0.717) is 0 Å². The van der Waals surface area contributed by atoms with Crippen molar-refractivity contribution in [2.45, 2.75) is 26.9 Å². The average Bonchev–Trinajstić information content (AvgIpc) is 2.77. The fourth-order valence-electron chi connectivity index (χ4n) is 2.63. The lowest BCUT2D eigenvalue weighted by Gasteiger charge is -2.09. The summed E-state index contributed by atoms with van der Waals surface area (Å²) in [4.78, 5) is 21.8. The van der Waals surface area contributed by atoms with Crippen molar-refractivity contribution in [3.63, 3.8) is 0 Å². The Morgan fingerprint density at radius 2 is 0.946 bits per heavy atom. The highest BCUT2D eigenvalue weighted by Gasteiger charge is 2.15. The topological polar surface area (TPSA) is 54.4 Å². The van der Waals surface area contributed by atoms with Gasteiger partial charge in [-0.1, -0.05) is 69.6 Å². The Labute approximate surface area is 248 Å². The number of Topliss-reactive ketones (excluding diaryl/α,β-unsaturated/α-hetero) is 2. The minimum Gasteiger partial charge on any atom is -0.813 e. The van der Waals surface area contributed by atoms with Crippen molar-refractivity contribution in [2.24, 2.45) is 0 Å². The first-order valence-electron chi connectivity index (χ1n) is 9.72. The first kappa shape index (κ1) is 35.8. The number of aliphatic hydroxyl groups is 1. The normalized spacial score (nSPS) is 10.7. The third-order valence-electron chi connectivity index (χ3n) is 4.29. The van der Waals surface area contributed by atoms with E-state index in [1.165, 1.54) is 39.0 Å². The molecule has 0 aliphatic rings. The van der Waals surface area contributed by atoms with Gasteiger partial charge in [-0.2, -0.15) is 0 Å². The maximum absolute atomic E-state index is 12.8. The van der Waals surface area contributed by atoms with Crippen LogP contribution in [0.25, 0.3) is 0 Å².